The summed E-state index contributed by atoms with van der Waals surface area (Å²) in [6.45, 7) is 9.83. The van der Waals surface area contributed by atoms with E-state index in [4.69, 9.17) is 57.6 Å². The summed E-state index contributed by atoms with van der Waals surface area (Å²) in [4.78, 5) is 93.5. The maximum atomic E-state index is 12.9. The van der Waals surface area contributed by atoms with Gasteiger partial charge >= 0.3 is 35.8 Å². The molecule has 4 aromatic rings. The van der Waals surface area contributed by atoms with Gasteiger partial charge in [-0.05, 0) is 211 Å². The van der Waals surface area contributed by atoms with Crippen LogP contribution >= 0.6 is 0 Å². The number of carbonyl (C=O) groups is 8. The number of hydrogen-bond donors (Lipinski definition) is 2. The van der Waals surface area contributed by atoms with Crippen LogP contribution in [-0.4, -0.2) is 111 Å². The van der Waals surface area contributed by atoms with Gasteiger partial charge in [0.2, 0.25) is 0 Å². The Hall–Kier alpha value is -8.68. The molecule has 4 aromatic carbocycles. The van der Waals surface area contributed by atoms with E-state index >= 15 is 0 Å². The lowest BCUT2D eigenvalue weighted by atomic mass is 9.82. The van der Waals surface area contributed by atoms with Crippen molar-refractivity contribution in [1.82, 2.24) is 0 Å². The lowest BCUT2D eigenvalue weighted by molar-refractivity contribution is -0.144. The molecular formula is C70H84O20. The van der Waals surface area contributed by atoms with Crippen LogP contribution in [0.25, 0.3) is 0 Å². The molecule has 0 atom stereocenters. The summed E-state index contributed by atoms with van der Waals surface area (Å²) in [5.74, 6) is 1.73. The van der Waals surface area contributed by atoms with Gasteiger partial charge in [-0.15, -0.1) is 0 Å². The predicted molar refractivity (Wildman–Crippen MR) is 329 cm³/mol. The molecule has 8 rings (SSSR count). The average Bonchev–Trinajstić information content (AvgIpc) is 3.39. The first-order valence-electron chi connectivity index (χ1n) is 31.3. The number of benzene rings is 4. The van der Waals surface area contributed by atoms with Crippen molar-refractivity contribution >= 4 is 48.4 Å². The number of carbonyl (C=O) groups excluding carboxylic acids is 6. The van der Waals surface area contributed by atoms with Gasteiger partial charge in [0.25, 0.3) is 0 Å². The van der Waals surface area contributed by atoms with Crippen LogP contribution < -0.4 is 37.9 Å². The maximum absolute atomic E-state index is 12.9. The van der Waals surface area contributed by atoms with Crippen molar-refractivity contribution in [2.75, 3.05) is 52.9 Å². The summed E-state index contributed by atoms with van der Waals surface area (Å²) in [6.07, 6.45) is 16.9. The second kappa shape index (κ2) is 36.7. The summed E-state index contributed by atoms with van der Waals surface area (Å²) in [5, 5.41) is 18.2. The smallest absolute Gasteiger partial charge is 0.330 e. The second-order valence-corrected chi connectivity index (χ2v) is 23.4. The molecule has 0 saturated heterocycles. The van der Waals surface area contributed by atoms with Crippen LogP contribution in [0.2, 0.25) is 0 Å². The van der Waals surface area contributed by atoms with Gasteiger partial charge in [-0.2, -0.15) is 0 Å². The minimum Gasteiger partial charge on any atom is -0.493 e. The topological polar surface area (TPSA) is 269 Å². The monoisotopic (exact) mass is 1240 g/mol. The molecular weight excluding hydrogens is 1160 g/mol. The molecule has 4 fully saturated rings. The summed E-state index contributed by atoms with van der Waals surface area (Å²) >= 11 is 0. The zero-order chi connectivity index (χ0) is 64.0. The number of aldehydes is 2. The number of rotatable bonds is 32. The number of ether oxygens (including phenoxy) is 10. The van der Waals surface area contributed by atoms with Gasteiger partial charge in [-0.25, -0.2) is 9.59 Å². The van der Waals surface area contributed by atoms with Crippen molar-refractivity contribution in [3.8, 4) is 46.0 Å². The Balaban J connectivity index is 0.000000320. The molecule has 0 amide bonds. The van der Waals surface area contributed by atoms with E-state index in [1.807, 2.05) is 0 Å². The van der Waals surface area contributed by atoms with Crippen LogP contribution in [0.5, 0.6) is 46.0 Å². The number of carboxylic acid groups (broad SMARTS) is 2. The molecule has 2 N–H and O–H groups in total. The van der Waals surface area contributed by atoms with E-state index in [0.717, 1.165) is 76.1 Å². The van der Waals surface area contributed by atoms with E-state index in [1.165, 1.54) is 0 Å². The highest BCUT2D eigenvalue weighted by molar-refractivity contribution is 5.82. The van der Waals surface area contributed by atoms with Crippen LogP contribution in [0, 0.1) is 47.3 Å². The number of hydrogen-bond acceptors (Lipinski definition) is 18. The Morgan fingerprint density at radius 3 is 0.989 bits per heavy atom. The first-order valence-corrected chi connectivity index (χ1v) is 31.3. The maximum Gasteiger partial charge on any atom is 0.330 e. The van der Waals surface area contributed by atoms with Crippen LogP contribution in [0.1, 0.15) is 136 Å². The van der Waals surface area contributed by atoms with Crippen molar-refractivity contribution in [3.63, 3.8) is 0 Å². The predicted octanol–water partition coefficient (Wildman–Crippen LogP) is 12.1. The Labute approximate surface area is 525 Å². The van der Waals surface area contributed by atoms with Gasteiger partial charge in [0, 0.05) is 25.0 Å². The van der Waals surface area contributed by atoms with Crippen LogP contribution in [0.15, 0.2) is 110 Å². The third-order valence-corrected chi connectivity index (χ3v) is 16.9. The van der Waals surface area contributed by atoms with Crippen LogP contribution in [0.3, 0.4) is 0 Å². The highest BCUT2D eigenvalue weighted by atomic mass is 16.6. The fourth-order valence-electron chi connectivity index (χ4n) is 11.4. The molecule has 0 unspecified atom stereocenters. The van der Waals surface area contributed by atoms with Gasteiger partial charge in [-0.3, -0.25) is 28.8 Å². The number of esters is 4. The van der Waals surface area contributed by atoms with Crippen molar-refractivity contribution in [1.29, 1.82) is 0 Å². The number of aliphatic carboxylic acids is 2. The Kier molecular flexibility index (Phi) is 28.1. The Morgan fingerprint density at radius 1 is 0.378 bits per heavy atom. The summed E-state index contributed by atoms with van der Waals surface area (Å²) < 4.78 is 56.3. The SMILES string of the molecule is C=CC(=O)OCCCOc1ccc(OC(=O)C2CCC(COc3ccc(OCC4CCC(C(=O)Oc5ccc(OCCCOC(=O)C=C)cc5)CC4)c(C=O)c3)CC2)cc1.O=Cc1cc(OCC2CCC(C(=O)O)CC2)ccc1OCC1CCC(C(=O)O)CC1. The molecule has 0 spiro atoms. The van der Waals surface area contributed by atoms with Crippen LogP contribution in [-0.2, 0) is 38.2 Å². The largest absolute Gasteiger partial charge is 0.493 e. The molecule has 0 heterocycles. The molecule has 90 heavy (non-hydrogen) atoms. The van der Waals surface area contributed by atoms with Crippen molar-refractivity contribution in [2.45, 2.75) is 116 Å². The van der Waals surface area contributed by atoms with Gasteiger partial charge in [0.15, 0.2) is 12.6 Å². The molecule has 484 valence electrons. The third-order valence-electron chi connectivity index (χ3n) is 16.9. The van der Waals surface area contributed by atoms with E-state index in [9.17, 15) is 38.4 Å². The minimum atomic E-state index is -0.719. The normalized spacial score (nSPS) is 21.2. The van der Waals surface area contributed by atoms with E-state index in [2.05, 4.69) is 13.2 Å². The van der Waals surface area contributed by atoms with Gasteiger partial charge in [0.1, 0.15) is 46.0 Å². The second-order valence-electron chi connectivity index (χ2n) is 23.4. The summed E-state index contributed by atoms with van der Waals surface area (Å²) in [5.41, 5.74) is 0.842. The summed E-state index contributed by atoms with van der Waals surface area (Å²) in [6, 6.07) is 24.1. The standard InChI is InChI=1S/C47H54O13.C23H30O7/c1-3-44(49)55-27-5-25-53-38-15-19-40(20-16-38)59-46(51)35-11-7-33(8-12-35)31-57-42-23-24-43(37(29-42)30-48)58-32-34-9-13-36(14-10-34)47(52)60-41-21-17-39(18-22-41)54-26-6-28-56-45(50)4-2;24-12-19-11-20(29-13-15-1-5-17(6-2-15)22(25)26)9-10-21(19)30-14-16-3-7-18(8-4-16)23(27)28/h3-4,15-24,29-30,33-36H,1-2,5-14,25-28,31-32H2;9-12,15-18H,1-8,13-14H2,(H,25,26)(H,27,28). The lowest BCUT2D eigenvalue weighted by Gasteiger charge is -2.27. The zero-order valence-corrected chi connectivity index (χ0v) is 51.1. The molecule has 20 heteroatoms. The molecule has 0 aromatic heterocycles. The fraction of sp³-hybridized carbons (Fsp3) is 0.486. The Morgan fingerprint density at radius 2 is 0.678 bits per heavy atom. The van der Waals surface area contributed by atoms with Gasteiger partial charge in [-0.1, -0.05) is 13.2 Å². The van der Waals surface area contributed by atoms with Gasteiger partial charge in [0.05, 0.1) is 87.7 Å². The molecule has 4 aliphatic carbocycles. The van der Waals surface area contributed by atoms with Crippen LogP contribution in [0.4, 0.5) is 0 Å². The van der Waals surface area contributed by atoms with E-state index < -0.39 is 23.9 Å². The molecule has 0 bridgehead atoms. The highest BCUT2D eigenvalue weighted by Gasteiger charge is 2.31. The third kappa shape index (κ3) is 23.0. The first kappa shape index (κ1) is 68.8. The quantitative estimate of drug-likeness (QED) is 0.0151. The zero-order valence-electron chi connectivity index (χ0n) is 51.1. The molecule has 20 nitrogen and oxygen atoms in total. The van der Waals surface area contributed by atoms with E-state index in [0.29, 0.717) is 173 Å². The van der Waals surface area contributed by atoms with Crippen molar-refractivity contribution in [3.05, 3.63) is 121 Å². The molecule has 0 aliphatic heterocycles. The minimum absolute atomic E-state index is 0.191. The van der Waals surface area contributed by atoms with E-state index in [1.54, 1.807) is 84.9 Å². The lowest BCUT2D eigenvalue weighted by Crippen LogP contribution is -2.28. The number of carboxylic acids is 2. The highest BCUT2D eigenvalue weighted by Crippen LogP contribution is 2.36. The molecule has 4 aliphatic rings. The molecule has 4 saturated carbocycles. The molecule has 0 radical (unpaired) electrons. The fourth-order valence-corrected chi connectivity index (χ4v) is 11.4. The first-order chi connectivity index (χ1) is 43.7. The van der Waals surface area contributed by atoms with Crippen molar-refractivity contribution in [2.24, 2.45) is 47.3 Å². The van der Waals surface area contributed by atoms with Gasteiger partial charge < -0.3 is 57.6 Å². The Bertz CT molecular complexity index is 2980. The average molecular weight is 1250 g/mol. The summed E-state index contributed by atoms with van der Waals surface area (Å²) in [7, 11) is 0. The van der Waals surface area contributed by atoms with E-state index in [-0.39, 0.29) is 60.7 Å². The van der Waals surface area contributed by atoms with Crippen molar-refractivity contribution < 1.29 is 95.9 Å².